The molecule has 0 saturated heterocycles. The normalized spacial score (nSPS) is 12.1. The second-order valence-corrected chi connectivity index (χ2v) is 9.57. The van der Waals surface area contributed by atoms with Crippen LogP contribution in [-0.2, 0) is 22.6 Å². The third-order valence-corrected chi connectivity index (χ3v) is 5.33. The Morgan fingerprint density at radius 2 is 1.81 bits per heavy atom. The summed E-state index contributed by atoms with van der Waals surface area (Å²) in [5, 5.41) is 11.2. The molecule has 0 aliphatic rings. The molecule has 7 nitrogen and oxygen atoms in total. The number of benzene rings is 1. The fourth-order valence-corrected chi connectivity index (χ4v) is 3.64. The van der Waals surface area contributed by atoms with Crippen LogP contribution in [0.4, 0.5) is 9.59 Å². The first-order valence-corrected chi connectivity index (χ1v) is 11.9. The quantitative estimate of drug-likeness (QED) is 0.394. The van der Waals surface area contributed by atoms with E-state index in [0.717, 1.165) is 31.4 Å². The van der Waals surface area contributed by atoms with Crippen molar-refractivity contribution in [3.63, 3.8) is 0 Å². The van der Waals surface area contributed by atoms with E-state index in [4.69, 9.17) is 9.47 Å². The summed E-state index contributed by atoms with van der Waals surface area (Å²) in [5.41, 5.74) is 0.414. The van der Waals surface area contributed by atoms with Gasteiger partial charge in [-0.3, -0.25) is 0 Å². The van der Waals surface area contributed by atoms with Crippen LogP contribution in [0.5, 0.6) is 0 Å². The number of ether oxygens (including phenoxy) is 2. The van der Waals surface area contributed by atoms with E-state index in [2.05, 4.69) is 22.0 Å². The first kappa shape index (κ1) is 25.7. The van der Waals surface area contributed by atoms with Crippen molar-refractivity contribution in [1.82, 2.24) is 16.0 Å². The molecule has 8 heteroatoms. The maximum Gasteiger partial charge on any atom is 0.407 e. The summed E-state index contributed by atoms with van der Waals surface area (Å²) in [6, 6.07) is 13.6. The van der Waals surface area contributed by atoms with Gasteiger partial charge >= 0.3 is 12.2 Å². The summed E-state index contributed by atoms with van der Waals surface area (Å²) in [6.07, 6.45) is 1.58. The van der Waals surface area contributed by atoms with Gasteiger partial charge < -0.3 is 25.4 Å². The van der Waals surface area contributed by atoms with Crippen LogP contribution >= 0.6 is 11.3 Å². The van der Waals surface area contributed by atoms with Crippen LogP contribution in [-0.4, -0.2) is 36.9 Å². The first-order valence-electron chi connectivity index (χ1n) is 11.0. The van der Waals surface area contributed by atoms with Gasteiger partial charge in [-0.2, -0.15) is 0 Å². The lowest BCUT2D eigenvalue weighted by Gasteiger charge is -2.24. The van der Waals surface area contributed by atoms with Crippen molar-refractivity contribution < 1.29 is 19.1 Å². The highest BCUT2D eigenvalue weighted by molar-refractivity contribution is 7.09. The molecule has 1 atom stereocenters. The SMILES string of the molecule is CC(C)(C)OC(=O)N[C@@H](CCCCNC(=O)OCc1ccccc1)CNCc1cccs1. The van der Waals surface area contributed by atoms with Crippen molar-refractivity contribution in [3.05, 3.63) is 58.3 Å². The molecule has 0 fully saturated rings. The maximum absolute atomic E-state index is 12.2. The van der Waals surface area contributed by atoms with Crippen LogP contribution in [0, 0.1) is 0 Å². The fourth-order valence-electron chi connectivity index (χ4n) is 2.96. The van der Waals surface area contributed by atoms with E-state index in [1.54, 1.807) is 11.3 Å². The Hall–Kier alpha value is -2.58. The van der Waals surface area contributed by atoms with E-state index in [1.807, 2.05) is 62.5 Å². The topological polar surface area (TPSA) is 88.7 Å². The van der Waals surface area contributed by atoms with E-state index in [9.17, 15) is 9.59 Å². The predicted octanol–water partition coefficient (Wildman–Crippen LogP) is 4.83. The van der Waals surface area contributed by atoms with Crippen molar-refractivity contribution in [2.75, 3.05) is 13.1 Å². The number of thiophene rings is 1. The molecule has 0 spiro atoms. The van der Waals surface area contributed by atoms with Gasteiger partial charge in [0.15, 0.2) is 0 Å². The fraction of sp³-hybridized carbons (Fsp3) is 0.500. The molecule has 2 aromatic rings. The van der Waals surface area contributed by atoms with E-state index in [-0.39, 0.29) is 12.6 Å². The van der Waals surface area contributed by atoms with Gasteiger partial charge in [0.05, 0.1) is 0 Å². The Bertz CT molecular complexity index is 791. The molecule has 3 N–H and O–H groups in total. The summed E-state index contributed by atoms with van der Waals surface area (Å²) in [7, 11) is 0. The average molecular weight is 462 g/mol. The molecule has 32 heavy (non-hydrogen) atoms. The first-order chi connectivity index (χ1) is 15.3. The average Bonchev–Trinajstić information content (AvgIpc) is 3.24. The molecule has 0 aliphatic heterocycles. The molecule has 0 radical (unpaired) electrons. The van der Waals surface area contributed by atoms with Crippen LogP contribution in [0.25, 0.3) is 0 Å². The Morgan fingerprint density at radius 3 is 2.50 bits per heavy atom. The number of unbranched alkanes of at least 4 members (excludes halogenated alkanes) is 1. The lowest BCUT2D eigenvalue weighted by Crippen LogP contribution is -2.44. The summed E-state index contributed by atoms with van der Waals surface area (Å²) in [6.45, 7) is 7.72. The molecule has 0 aliphatic carbocycles. The Morgan fingerprint density at radius 1 is 1.03 bits per heavy atom. The smallest absolute Gasteiger partial charge is 0.407 e. The van der Waals surface area contributed by atoms with Crippen LogP contribution < -0.4 is 16.0 Å². The standard InChI is InChI=1S/C24H35N3O4S/c1-24(2,3)31-23(29)27-20(16-25-17-21-13-9-15-32-21)12-7-8-14-26-22(28)30-18-19-10-5-4-6-11-19/h4-6,9-11,13,15,20,25H,7-8,12,14,16-18H2,1-3H3,(H,26,28)(H,27,29)/t20-/m0/s1. The lowest BCUT2D eigenvalue weighted by molar-refractivity contribution is 0.0500. The lowest BCUT2D eigenvalue weighted by atomic mass is 10.1. The van der Waals surface area contributed by atoms with E-state index in [0.29, 0.717) is 13.1 Å². The van der Waals surface area contributed by atoms with Gasteiger partial charge in [0.1, 0.15) is 12.2 Å². The van der Waals surface area contributed by atoms with Gasteiger partial charge in [0, 0.05) is 30.6 Å². The molecule has 1 aromatic heterocycles. The molecule has 176 valence electrons. The second kappa shape index (κ2) is 13.8. The molecule has 2 rings (SSSR count). The Balaban J connectivity index is 1.67. The highest BCUT2D eigenvalue weighted by Crippen LogP contribution is 2.10. The van der Waals surface area contributed by atoms with Gasteiger partial charge in [0.2, 0.25) is 0 Å². The molecule has 1 aromatic carbocycles. The summed E-state index contributed by atoms with van der Waals surface area (Å²) in [5.74, 6) is 0. The number of nitrogens with one attached hydrogen (secondary N) is 3. The third kappa shape index (κ3) is 11.7. The Kier molecular flexibility index (Phi) is 11.0. The predicted molar refractivity (Wildman–Crippen MR) is 128 cm³/mol. The molecular formula is C24H35N3O4S. The van der Waals surface area contributed by atoms with Crippen molar-refractivity contribution >= 4 is 23.5 Å². The van der Waals surface area contributed by atoms with Gasteiger partial charge in [-0.15, -0.1) is 11.3 Å². The molecule has 0 bridgehead atoms. The molecule has 0 saturated carbocycles. The molecule has 1 heterocycles. The molecular weight excluding hydrogens is 426 g/mol. The third-order valence-electron chi connectivity index (χ3n) is 4.45. The second-order valence-electron chi connectivity index (χ2n) is 8.54. The summed E-state index contributed by atoms with van der Waals surface area (Å²) < 4.78 is 10.6. The van der Waals surface area contributed by atoms with Crippen molar-refractivity contribution in [1.29, 1.82) is 0 Å². The number of carbonyl (C=O) groups excluding carboxylic acids is 2. The Labute approximate surface area is 194 Å². The van der Waals surface area contributed by atoms with Gasteiger partial charge in [-0.05, 0) is 57.0 Å². The minimum Gasteiger partial charge on any atom is -0.445 e. The van der Waals surface area contributed by atoms with Crippen LogP contribution in [0.2, 0.25) is 0 Å². The zero-order valence-electron chi connectivity index (χ0n) is 19.2. The van der Waals surface area contributed by atoms with Crippen LogP contribution in [0.1, 0.15) is 50.5 Å². The zero-order chi connectivity index (χ0) is 23.2. The number of hydrogen-bond donors (Lipinski definition) is 3. The van der Waals surface area contributed by atoms with Crippen molar-refractivity contribution in [2.24, 2.45) is 0 Å². The number of rotatable bonds is 12. The van der Waals surface area contributed by atoms with Gasteiger partial charge in [-0.25, -0.2) is 9.59 Å². The molecule has 2 amide bonds. The highest BCUT2D eigenvalue weighted by Gasteiger charge is 2.19. The van der Waals surface area contributed by atoms with Gasteiger partial charge in [-0.1, -0.05) is 36.4 Å². The van der Waals surface area contributed by atoms with E-state index in [1.165, 1.54) is 4.88 Å². The summed E-state index contributed by atoms with van der Waals surface area (Å²) >= 11 is 1.70. The minimum atomic E-state index is -0.539. The van der Waals surface area contributed by atoms with Crippen molar-refractivity contribution in [2.45, 2.75) is 64.8 Å². The number of alkyl carbamates (subject to hydrolysis) is 2. The highest BCUT2D eigenvalue weighted by atomic mass is 32.1. The molecule has 0 unspecified atom stereocenters. The van der Waals surface area contributed by atoms with E-state index < -0.39 is 17.8 Å². The van der Waals surface area contributed by atoms with Crippen LogP contribution in [0.15, 0.2) is 47.8 Å². The number of amides is 2. The van der Waals surface area contributed by atoms with Crippen LogP contribution in [0.3, 0.4) is 0 Å². The number of carbonyl (C=O) groups is 2. The maximum atomic E-state index is 12.2. The van der Waals surface area contributed by atoms with Gasteiger partial charge in [0.25, 0.3) is 0 Å². The minimum absolute atomic E-state index is 0.0603. The van der Waals surface area contributed by atoms with Crippen molar-refractivity contribution in [3.8, 4) is 0 Å². The summed E-state index contributed by atoms with van der Waals surface area (Å²) in [4.78, 5) is 25.3. The zero-order valence-corrected chi connectivity index (χ0v) is 20.0. The monoisotopic (exact) mass is 461 g/mol. The van der Waals surface area contributed by atoms with E-state index >= 15 is 0 Å². The largest absolute Gasteiger partial charge is 0.445 e. The number of hydrogen-bond acceptors (Lipinski definition) is 6.